The van der Waals surface area contributed by atoms with Crippen LogP contribution in [0.15, 0.2) is 42.7 Å². The van der Waals surface area contributed by atoms with Gasteiger partial charge in [0.15, 0.2) is 0 Å². The molecule has 1 heterocycles. The van der Waals surface area contributed by atoms with Gasteiger partial charge >= 0.3 is 5.97 Å². The fourth-order valence-corrected chi connectivity index (χ4v) is 1.76. The second kappa shape index (κ2) is 6.00. The average Bonchev–Trinajstić information content (AvgIpc) is 2.43. The molecule has 2 rings (SSSR count). The molecule has 0 aliphatic heterocycles. The van der Waals surface area contributed by atoms with Crippen LogP contribution in [0.25, 0.3) is 0 Å². The van der Waals surface area contributed by atoms with E-state index in [9.17, 15) is 4.79 Å². The molecule has 4 nitrogen and oxygen atoms in total. The lowest BCUT2D eigenvalue weighted by Gasteiger charge is -2.08. The molecule has 2 aromatic rings. The Balaban J connectivity index is 1.93. The number of anilines is 1. The van der Waals surface area contributed by atoms with Crippen molar-refractivity contribution < 1.29 is 9.53 Å². The van der Waals surface area contributed by atoms with E-state index in [4.69, 9.17) is 10.5 Å². The van der Waals surface area contributed by atoms with Gasteiger partial charge in [-0.25, -0.2) is 4.79 Å². The van der Waals surface area contributed by atoms with Crippen molar-refractivity contribution in [3.8, 4) is 0 Å². The summed E-state index contributed by atoms with van der Waals surface area (Å²) in [5.74, 6) is -0.334. The Morgan fingerprint density at radius 3 is 2.74 bits per heavy atom. The summed E-state index contributed by atoms with van der Waals surface area (Å²) in [7, 11) is 0. The molecule has 0 bridgehead atoms. The molecule has 0 unspecified atom stereocenters. The third-order valence-corrected chi connectivity index (χ3v) is 2.97. The van der Waals surface area contributed by atoms with Crippen molar-refractivity contribution >= 4 is 11.7 Å². The Bertz CT molecular complexity index is 568. The third kappa shape index (κ3) is 3.31. The van der Waals surface area contributed by atoms with Crippen molar-refractivity contribution in [1.82, 2.24) is 4.98 Å². The maximum Gasteiger partial charge on any atom is 0.338 e. The zero-order valence-corrected chi connectivity index (χ0v) is 10.8. The van der Waals surface area contributed by atoms with Crippen LogP contribution in [-0.4, -0.2) is 17.6 Å². The Hall–Kier alpha value is -2.36. The molecule has 19 heavy (non-hydrogen) atoms. The lowest BCUT2D eigenvalue weighted by Crippen LogP contribution is -2.10. The van der Waals surface area contributed by atoms with Crippen LogP contribution in [0.4, 0.5) is 5.69 Å². The highest BCUT2D eigenvalue weighted by Gasteiger charge is 2.11. The largest absolute Gasteiger partial charge is 0.462 e. The molecule has 4 heteroatoms. The standard InChI is InChI=1S/C15H16N2O2/c1-11-13(3-2-4-14(11)16)15(18)19-10-7-12-5-8-17-9-6-12/h2-6,8-9H,7,10,16H2,1H3. The predicted molar refractivity (Wildman–Crippen MR) is 73.8 cm³/mol. The van der Waals surface area contributed by atoms with Gasteiger partial charge in [0, 0.05) is 24.5 Å². The molecule has 0 atom stereocenters. The second-order valence-electron chi connectivity index (χ2n) is 4.26. The van der Waals surface area contributed by atoms with Gasteiger partial charge in [0.1, 0.15) is 0 Å². The predicted octanol–water partition coefficient (Wildman–Crippen LogP) is 2.37. The monoisotopic (exact) mass is 256 g/mol. The number of aromatic nitrogens is 1. The first-order valence-corrected chi connectivity index (χ1v) is 6.09. The molecule has 1 aromatic heterocycles. The van der Waals surface area contributed by atoms with Crippen molar-refractivity contribution in [2.24, 2.45) is 0 Å². The number of hydrogen-bond acceptors (Lipinski definition) is 4. The van der Waals surface area contributed by atoms with E-state index in [0.29, 0.717) is 24.3 Å². The van der Waals surface area contributed by atoms with Crippen LogP contribution < -0.4 is 5.73 Å². The Labute approximate surface area is 112 Å². The van der Waals surface area contributed by atoms with E-state index in [1.54, 1.807) is 30.6 Å². The zero-order valence-electron chi connectivity index (χ0n) is 10.8. The molecule has 0 aliphatic rings. The van der Waals surface area contributed by atoms with Gasteiger partial charge in [0.05, 0.1) is 12.2 Å². The Morgan fingerprint density at radius 1 is 1.26 bits per heavy atom. The van der Waals surface area contributed by atoms with E-state index in [0.717, 1.165) is 11.1 Å². The fourth-order valence-electron chi connectivity index (χ4n) is 1.76. The summed E-state index contributed by atoms with van der Waals surface area (Å²) in [6, 6.07) is 9.05. The summed E-state index contributed by atoms with van der Waals surface area (Å²) in [5, 5.41) is 0. The quantitative estimate of drug-likeness (QED) is 0.673. The van der Waals surface area contributed by atoms with Crippen LogP contribution in [0.1, 0.15) is 21.5 Å². The summed E-state index contributed by atoms with van der Waals surface area (Å²) >= 11 is 0. The van der Waals surface area contributed by atoms with Crippen LogP contribution in [0.3, 0.4) is 0 Å². The molecule has 0 amide bonds. The lowest BCUT2D eigenvalue weighted by molar-refractivity contribution is 0.0508. The molecule has 2 N–H and O–H groups in total. The van der Waals surface area contributed by atoms with Gasteiger partial charge in [-0.2, -0.15) is 0 Å². The van der Waals surface area contributed by atoms with Crippen LogP contribution in [-0.2, 0) is 11.2 Å². The smallest absolute Gasteiger partial charge is 0.338 e. The van der Waals surface area contributed by atoms with Crippen molar-refractivity contribution in [1.29, 1.82) is 0 Å². The third-order valence-electron chi connectivity index (χ3n) is 2.97. The summed E-state index contributed by atoms with van der Waals surface area (Å²) in [6.07, 6.45) is 4.12. The Morgan fingerprint density at radius 2 is 2.00 bits per heavy atom. The van der Waals surface area contributed by atoms with Gasteiger partial charge in [0.25, 0.3) is 0 Å². The molecular formula is C15H16N2O2. The number of nitrogens with zero attached hydrogens (tertiary/aromatic N) is 1. The molecular weight excluding hydrogens is 240 g/mol. The number of nitrogen functional groups attached to an aromatic ring is 1. The molecule has 1 aromatic carbocycles. The first kappa shape index (κ1) is 13.1. The lowest BCUT2D eigenvalue weighted by atomic mass is 10.1. The van der Waals surface area contributed by atoms with E-state index in [-0.39, 0.29) is 5.97 Å². The van der Waals surface area contributed by atoms with Gasteiger partial charge in [-0.3, -0.25) is 4.98 Å². The van der Waals surface area contributed by atoms with E-state index < -0.39 is 0 Å². The highest BCUT2D eigenvalue weighted by molar-refractivity contribution is 5.92. The fraction of sp³-hybridized carbons (Fsp3) is 0.200. The van der Waals surface area contributed by atoms with Gasteiger partial charge in [-0.15, -0.1) is 0 Å². The molecule has 0 spiro atoms. The minimum atomic E-state index is -0.334. The number of pyridine rings is 1. The van der Waals surface area contributed by atoms with Crippen molar-refractivity contribution in [3.05, 3.63) is 59.4 Å². The number of ether oxygens (including phenoxy) is 1. The second-order valence-corrected chi connectivity index (χ2v) is 4.26. The topological polar surface area (TPSA) is 65.2 Å². The van der Waals surface area contributed by atoms with Crippen LogP contribution >= 0.6 is 0 Å². The van der Waals surface area contributed by atoms with Gasteiger partial charge in [-0.1, -0.05) is 6.07 Å². The first-order valence-electron chi connectivity index (χ1n) is 6.09. The molecule has 98 valence electrons. The van der Waals surface area contributed by atoms with Crippen LogP contribution in [0.5, 0.6) is 0 Å². The molecule has 0 aliphatic carbocycles. The molecule has 0 saturated heterocycles. The number of carbonyl (C=O) groups is 1. The number of nitrogens with two attached hydrogens (primary N) is 1. The van der Waals surface area contributed by atoms with E-state index in [1.165, 1.54) is 0 Å². The number of carbonyl (C=O) groups excluding carboxylic acids is 1. The maximum atomic E-state index is 11.9. The zero-order chi connectivity index (χ0) is 13.7. The number of hydrogen-bond donors (Lipinski definition) is 1. The van der Waals surface area contributed by atoms with Gasteiger partial charge in [-0.05, 0) is 42.3 Å². The van der Waals surface area contributed by atoms with Crippen LogP contribution in [0.2, 0.25) is 0 Å². The first-order chi connectivity index (χ1) is 9.18. The van der Waals surface area contributed by atoms with E-state index in [2.05, 4.69) is 4.98 Å². The summed E-state index contributed by atoms with van der Waals surface area (Å²) in [5.41, 5.74) is 8.74. The highest BCUT2D eigenvalue weighted by Crippen LogP contribution is 2.16. The molecule has 0 fully saturated rings. The Kier molecular flexibility index (Phi) is 4.13. The minimum Gasteiger partial charge on any atom is -0.462 e. The van der Waals surface area contributed by atoms with Crippen molar-refractivity contribution in [2.45, 2.75) is 13.3 Å². The van der Waals surface area contributed by atoms with E-state index >= 15 is 0 Å². The maximum absolute atomic E-state index is 11.9. The summed E-state index contributed by atoms with van der Waals surface area (Å²) < 4.78 is 5.25. The average molecular weight is 256 g/mol. The van der Waals surface area contributed by atoms with Crippen molar-refractivity contribution in [2.75, 3.05) is 12.3 Å². The van der Waals surface area contributed by atoms with Gasteiger partial charge < -0.3 is 10.5 Å². The van der Waals surface area contributed by atoms with Crippen molar-refractivity contribution in [3.63, 3.8) is 0 Å². The normalized spacial score (nSPS) is 10.2. The molecule has 0 saturated carbocycles. The molecule has 0 radical (unpaired) electrons. The highest BCUT2D eigenvalue weighted by atomic mass is 16.5. The summed E-state index contributed by atoms with van der Waals surface area (Å²) in [4.78, 5) is 15.9. The minimum absolute atomic E-state index is 0.334. The number of esters is 1. The van der Waals surface area contributed by atoms with E-state index in [1.807, 2.05) is 19.1 Å². The SMILES string of the molecule is Cc1c(N)cccc1C(=O)OCCc1ccncc1. The van der Waals surface area contributed by atoms with Gasteiger partial charge in [0.2, 0.25) is 0 Å². The number of benzene rings is 1. The van der Waals surface area contributed by atoms with Crippen LogP contribution in [0, 0.1) is 6.92 Å². The summed E-state index contributed by atoms with van der Waals surface area (Å²) in [6.45, 7) is 2.16. The number of rotatable bonds is 4.